The van der Waals surface area contributed by atoms with Gasteiger partial charge < -0.3 is 20.9 Å². The number of carbonyl (C=O) groups excluding carboxylic acids is 2. The highest BCUT2D eigenvalue weighted by molar-refractivity contribution is 5.80. The van der Waals surface area contributed by atoms with E-state index in [1.165, 1.54) is 0 Å². The Morgan fingerprint density at radius 1 is 1.20 bits per heavy atom. The normalized spacial score (nSPS) is 12.6. The number of aliphatic hydroxyl groups is 1. The minimum Gasteiger partial charge on any atom is -0.444 e. The molecule has 0 fully saturated rings. The number of hydrogen-bond acceptors (Lipinski definition) is 4. The first-order valence-corrected chi connectivity index (χ1v) is 8.20. The zero-order valence-electron chi connectivity index (χ0n) is 15.2. The van der Waals surface area contributed by atoms with E-state index in [0.717, 1.165) is 5.56 Å². The molecule has 0 aliphatic carbocycles. The highest BCUT2D eigenvalue weighted by Crippen LogP contribution is 2.11. The molecule has 144 valence electrons. The molecule has 6 heteroatoms. The molecule has 6 nitrogen and oxygen atoms in total. The van der Waals surface area contributed by atoms with E-state index < -0.39 is 29.7 Å². The van der Waals surface area contributed by atoms with Gasteiger partial charge in [0.25, 0.3) is 0 Å². The smallest absolute Gasteiger partial charge is 0.407 e. The number of alkyl carbamates (subject to hydrolysis) is 1. The van der Waals surface area contributed by atoms with Crippen LogP contribution in [0.2, 0.25) is 0 Å². The van der Waals surface area contributed by atoms with Crippen molar-refractivity contribution in [1.29, 1.82) is 0 Å². The first kappa shape index (κ1) is 25.2. The molecule has 2 atom stereocenters. The second-order valence-corrected chi connectivity index (χ2v) is 6.12. The van der Waals surface area contributed by atoms with Crippen molar-refractivity contribution in [1.82, 2.24) is 5.32 Å². The van der Waals surface area contributed by atoms with Crippen LogP contribution < -0.4 is 11.1 Å². The predicted molar refractivity (Wildman–Crippen MR) is 101 cm³/mol. The zero-order chi connectivity index (χ0) is 18.8. The fourth-order valence-corrected chi connectivity index (χ4v) is 1.93. The molecule has 0 spiro atoms. The minimum absolute atomic E-state index is 0. The van der Waals surface area contributed by atoms with Crippen LogP contribution in [0.3, 0.4) is 0 Å². The van der Waals surface area contributed by atoms with Gasteiger partial charge in [0, 0.05) is 0 Å². The van der Waals surface area contributed by atoms with E-state index in [2.05, 4.69) is 5.32 Å². The fraction of sp³-hybridized carbons (Fsp3) is 0.579. The SMILES string of the molecule is C.CC.CC(C)(C)OC(=O)NC(CCc1ccccc1)C(O)C(N)=O. The van der Waals surface area contributed by atoms with Crippen molar-refractivity contribution < 1.29 is 19.4 Å². The standard InChI is InChI=1S/C16H24N2O4.C2H6.CH4/c1-16(2,3)22-15(21)18-12(13(19)14(17)20)10-9-11-7-5-4-6-8-11;1-2;/h4-8,12-13,19H,9-10H2,1-3H3,(H2,17,20)(H,18,21);1-2H3;1H4. The predicted octanol–water partition coefficient (Wildman–Crippen LogP) is 3.02. The van der Waals surface area contributed by atoms with E-state index in [0.29, 0.717) is 12.8 Å². The van der Waals surface area contributed by atoms with Gasteiger partial charge in [0.15, 0.2) is 6.10 Å². The fourth-order valence-electron chi connectivity index (χ4n) is 1.93. The Labute approximate surface area is 151 Å². The Hall–Kier alpha value is -2.08. The van der Waals surface area contributed by atoms with Gasteiger partial charge in [-0.2, -0.15) is 0 Å². The van der Waals surface area contributed by atoms with E-state index in [1.54, 1.807) is 20.8 Å². The maximum atomic E-state index is 11.8. The number of nitrogens with two attached hydrogens (primary N) is 1. The number of ether oxygens (including phenoxy) is 1. The zero-order valence-corrected chi connectivity index (χ0v) is 15.2. The largest absolute Gasteiger partial charge is 0.444 e. The number of primary amides is 1. The Morgan fingerprint density at radius 3 is 2.16 bits per heavy atom. The van der Waals surface area contributed by atoms with E-state index in [-0.39, 0.29) is 7.43 Å². The molecule has 0 bridgehead atoms. The number of benzene rings is 1. The third-order valence-electron chi connectivity index (χ3n) is 2.96. The van der Waals surface area contributed by atoms with Gasteiger partial charge in [0.05, 0.1) is 6.04 Å². The van der Waals surface area contributed by atoms with Crippen LogP contribution in [-0.2, 0) is 16.0 Å². The second kappa shape index (κ2) is 12.3. The van der Waals surface area contributed by atoms with E-state index in [4.69, 9.17) is 10.5 Å². The Balaban J connectivity index is 0. The lowest BCUT2D eigenvalue weighted by Gasteiger charge is -2.25. The van der Waals surface area contributed by atoms with Crippen LogP contribution in [-0.4, -0.2) is 34.9 Å². The van der Waals surface area contributed by atoms with E-state index in [9.17, 15) is 14.7 Å². The van der Waals surface area contributed by atoms with E-state index in [1.807, 2.05) is 44.2 Å². The minimum atomic E-state index is -1.46. The summed E-state index contributed by atoms with van der Waals surface area (Å²) in [6.45, 7) is 9.20. The summed E-state index contributed by atoms with van der Waals surface area (Å²) < 4.78 is 5.14. The summed E-state index contributed by atoms with van der Waals surface area (Å²) in [5, 5.41) is 12.4. The monoisotopic (exact) mass is 354 g/mol. The Morgan fingerprint density at radius 2 is 1.72 bits per heavy atom. The number of carbonyl (C=O) groups is 2. The van der Waals surface area contributed by atoms with Gasteiger partial charge in [-0.15, -0.1) is 0 Å². The van der Waals surface area contributed by atoms with Gasteiger partial charge in [-0.05, 0) is 39.2 Å². The molecular formula is C19H34N2O4. The number of aryl methyl sites for hydroxylation is 1. The molecule has 2 amide bonds. The van der Waals surface area contributed by atoms with Crippen molar-refractivity contribution in [2.75, 3.05) is 0 Å². The molecule has 0 aliphatic heterocycles. The van der Waals surface area contributed by atoms with Crippen LogP contribution in [0.15, 0.2) is 30.3 Å². The molecule has 0 aliphatic rings. The molecule has 4 N–H and O–H groups in total. The van der Waals surface area contributed by atoms with Crippen molar-refractivity contribution >= 4 is 12.0 Å². The summed E-state index contributed by atoms with van der Waals surface area (Å²) in [6, 6.07) is 8.76. The van der Waals surface area contributed by atoms with Crippen LogP contribution in [0.5, 0.6) is 0 Å². The molecule has 1 aromatic rings. The van der Waals surface area contributed by atoms with Crippen LogP contribution in [0.4, 0.5) is 4.79 Å². The van der Waals surface area contributed by atoms with Crippen molar-refractivity contribution in [2.24, 2.45) is 5.73 Å². The summed E-state index contributed by atoms with van der Waals surface area (Å²) >= 11 is 0. The van der Waals surface area contributed by atoms with Gasteiger partial charge in [0.1, 0.15) is 5.60 Å². The number of amides is 2. The third-order valence-corrected chi connectivity index (χ3v) is 2.96. The van der Waals surface area contributed by atoms with E-state index >= 15 is 0 Å². The highest BCUT2D eigenvalue weighted by Gasteiger charge is 2.27. The van der Waals surface area contributed by atoms with Gasteiger partial charge >= 0.3 is 6.09 Å². The number of aliphatic hydroxyl groups excluding tert-OH is 1. The second-order valence-electron chi connectivity index (χ2n) is 6.12. The molecule has 0 radical (unpaired) electrons. The summed E-state index contributed by atoms with van der Waals surface area (Å²) in [7, 11) is 0. The Kier molecular flexibility index (Phi) is 12.4. The molecule has 1 rings (SSSR count). The van der Waals surface area contributed by atoms with Crippen LogP contribution >= 0.6 is 0 Å². The van der Waals surface area contributed by atoms with Gasteiger partial charge in [-0.3, -0.25) is 4.79 Å². The molecular weight excluding hydrogens is 320 g/mol. The number of nitrogens with one attached hydrogen (secondary N) is 1. The van der Waals surface area contributed by atoms with Gasteiger partial charge in [-0.1, -0.05) is 51.6 Å². The molecule has 0 heterocycles. The molecule has 0 saturated heterocycles. The first-order chi connectivity index (χ1) is 11.2. The summed E-state index contributed by atoms with van der Waals surface area (Å²) in [4.78, 5) is 23.0. The lowest BCUT2D eigenvalue weighted by atomic mass is 10.0. The van der Waals surface area contributed by atoms with Crippen molar-refractivity contribution in [3.63, 3.8) is 0 Å². The number of rotatable bonds is 6. The average Bonchev–Trinajstić information content (AvgIpc) is 2.51. The van der Waals surface area contributed by atoms with Crippen molar-refractivity contribution in [3.8, 4) is 0 Å². The molecule has 0 aromatic heterocycles. The van der Waals surface area contributed by atoms with Crippen LogP contribution in [0.25, 0.3) is 0 Å². The summed E-state index contributed by atoms with van der Waals surface area (Å²) in [6.07, 6.45) is -1.19. The summed E-state index contributed by atoms with van der Waals surface area (Å²) in [5.41, 5.74) is 5.50. The number of hydrogen-bond donors (Lipinski definition) is 3. The molecule has 1 aromatic carbocycles. The topological polar surface area (TPSA) is 102 Å². The highest BCUT2D eigenvalue weighted by atomic mass is 16.6. The van der Waals surface area contributed by atoms with Crippen molar-refractivity contribution in [3.05, 3.63) is 35.9 Å². The lowest BCUT2D eigenvalue weighted by molar-refractivity contribution is -0.127. The van der Waals surface area contributed by atoms with Gasteiger partial charge in [-0.25, -0.2) is 4.79 Å². The summed E-state index contributed by atoms with van der Waals surface area (Å²) in [5.74, 6) is -0.880. The Bertz CT molecular complexity index is 498. The maximum absolute atomic E-state index is 11.8. The van der Waals surface area contributed by atoms with Crippen LogP contribution in [0.1, 0.15) is 54.0 Å². The average molecular weight is 354 g/mol. The van der Waals surface area contributed by atoms with Gasteiger partial charge in [0.2, 0.25) is 5.91 Å². The van der Waals surface area contributed by atoms with Crippen LogP contribution in [0, 0.1) is 0 Å². The quantitative estimate of drug-likeness (QED) is 0.731. The maximum Gasteiger partial charge on any atom is 0.407 e. The molecule has 25 heavy (non-hydrogen) atoms. The van der Waals surface area contributed by atoms with Crippen molar-refractivity contribution in [2.45, 2.75) is 72.6 Å². The molecule has 0 saturated carbocycles. The lowest BCUT2D eigenvalue weighted by Crippen LogP contribution is -2.50. The molecule has 2 unspecified atom stereocenters. The first-order valence-electron chi connectivity index (χ1n) is 8.20. The third kappa shape index (κ3) is 11.2.